The van der Waals surface area contributed by atoms with Crippen molar-refractivity contribution in [3.05, 3.63) is 129 Å². The van der Waals surface area contributed by atoms with Crippen LogP contribution in [0.3, 0.4) is 0 Å². The molecule has 4 unspecified atom stereocenters. The zero-order valence-corrected chi connectivity index (χ0v) is 28.5. The molecule has 4 amide bonds. The highest BCUT2D eigenvalue weighted by Gasteiger charge is 2.33. The van der Waals surface area contributed by atoms with Gasteiger partial charge in [-0.05, 0) is 84.7 Å². The summed E-state index contributed by atoms with van der Waals surface area (Å²) in [6, 6.07) is 11.1. The Morgan fingerprint density at radius 3 is 1.42 bits per heavy atom. The molecule has 0 bridgehead atoms. The van der Waals surface area contributed by atoms with Crippen molar-refractivity contribution in [3.8, 4) is 0 Å². The number of fused-ring (bicyclic) bond motifs is 2. The van der Waals surface area contributed by atoms with Gasteiger partial charge >= 0.3 is 6.03 Å². The molecule has 0 heterocycles. The molecule has 0 radical (unpaired) electrons. The van der Waals surface area contributed by atoms with Crippen LogP contribution in [0.4, 0.5) is 16.2 Å². The Morgan fingerprint density at radius 2 is 1.04 bits per heavy atom. The Balaban J connectivity index is 1.10. The van der Waals surface area contributed by atoms with Crippen molar-refractivity contribution in [2.45, 2.75) is 25.0 Å². The maximum atomic E-state index is 13.0. The number of aliphatic hydroxyl groups excluding tert-OH is 2. The normalized spacial score (nSPS) is 24.2. The average molecular weight is 747 g/mol. The van der Waals surface area contributed by atoms with E-state index >= 15 is 0 Å². The van der Waals surface area contributed by atoms with Gasteiger partial charge in [-0.2, -0.15) is 16.8 Å². The number of hydrogen-bond acceptors (Lipinski definition) is 9. The maximum absolute atomic E-state index is 13.0. The SMILES string of the molecule is O=C(Nc1cccc(C(=O)N=C2C=CC3CC(S(=O)(=O)O)=CC=C3C2O)c1)Nc1cccc(C(=O)N=C2C=CC3CC(S(=O)(=O)O)=CC=C3C2O)c1. The van der Waals surface area contributed by atoms with Crippen molar-refractivity contribution in [2.75, 3.05) is 10.6 Å². The maximum Gasteiger partial charge on any atom is 0.323 e. The van der Waals surface area contributed by atoms with Crippen LogP contribution in [-0.2, 0) is 20.2 Å². The van der Waals surface area contributed by atoms with Crippen LogP contribution in [0.15, 0.2) is 128 Å². The Kier molecular flexibility index (Phi) is 10.00. The van der Waals surface area contributed by atoms with Gasteiger partial charge in [0.05, 0.1) is 21.2 Å². The van der Waals surface area contributed by atoms with E-state index in [4.69, 9.17) is 0 Å². The summed E-state index contributed by atoms with van der Waals surface area (Å²) in [5, 5.41) is 26.8. The van der Waals surface area contributed by atoms with Crippen molar-refractivity contribution in [1.29, 1.82) is 0 Å². The van der Waals surface area contributed by atoms with Gasteiger partial charge in [0.2, 0.25) is 0 Å². The van der Waals surface area contributed by atoms with Gasteiger partial charge in [0, 0.05) is 34.3 Å². The van der Waals surface area contributed by atoms with Crippen LogP contribution in [0.25, 0.3) is 0 Å². The van der Waals surface area contributed by atoms with E-state index in [2.05, 4.69) is 20.6 Å². The average Bonchev–Trinajstić information content (AvgIpc) is 3.09. The standard InChI is InChI=1S/C35H30N4O11S2/c40-31-27-11-9-25(51(45,46)47)17-19(27)7-13-29(31)38-33(42)21-3-1-5-23(15-21)36-35(44)37-24-6-2-4-22(16-24)34(43)39-30-14-8-20-18-26(52(48,49)50)10-12-28(20)32(30)41/h1-16,19-20,31-32,40-41H,17-18H2,(H2,36,37,44)(H,45,46,47)(H,48,49,50). The highest BCUT2D eigenvalue weighted by Crippen LogP contribution is 2.35. The zero-order valence-electron chi connectivity index (χ0n) is 26.8. The monoisotopic (exact) mass is 746 g/mol. The molecule has 6 rings (SSSR count). The van der Waals surface area contributed by atoms with E-state index in [9.17, 15) is 50.5 Å². The minimum Gasteiger partial charge on any atom is -0.382 e. The summed E-state index contributed by atoms with van der Waals surface area (Å²) in [4.78, 5) is 46.5. The third-order valence-corrected chi connectivity index (χ3v) is 10.6. The number of rotatable bonds is 6. The fourth-order valence-electron chi connectivity index (χ4n) is 6.03. The third-order valence-electron chi connectivity index (χ3n) is 8.67. The predicted octanol–water partition coefficient (Wildman–Crippen LogP) is 3.79. The van der Waals surface area contributed by atoms with Gasteiger partial charge in [-0.15, -0.1) is 0 Å². The van der Waals surface area contributed by atoms with Gasteiger partial charge in [-0.25, -0.2) is 14.8 Å². The fourth-order valence-corrected chi connectivity index (χ4v) is 7.29. The lowest BCUT2D eigenvalue weighted by Gasteiger charge is -2.28. The number of nitrogens with zero attached hydrogens (tertiary/aromatic N) is 2. The third kappa shape index (κ3) is 8.04. The van der Waals surface area contributed by atoms with Gasteiger partial charge in [-0.3, -0.25) is 18.7 Å². The first-order valence-corrected chi connectivity index (χ1v) is 18.5. The Bertz CT molecular complexity index is 2200. The van der Waals surface area contributed by atoms with Crippen LogP contribution in [0.1, 0.15) is 33.6 Å². The number of allylic oxidation sites excluding steroid dienone is 8. The largest absolute Gasteiger partial charge is 0.382 e. The van der Waals surface area contributed by atoms with E-state index in [1.165, 1.54) is 85.0 Å². The second-order valence-electron chi connectivity index (χ2n) is 12.1. The molecule has 52 heavy (non-hydrogen) atoms. The predicted molar refractivity (Wildman–Crippen MR) is 191 cm³/mol. The molecule has 6 N–H and O–H groups in total. The molecule has 0 saturated heterocycles. The van der Waals surface area contributed by atoms with Crippen LogP contribution >= 0.6 is 0 Å². The number of nitrogens with one attached hydrogen (secondary N) is 2. The number of carbonyl (C=O) groups excluding carboxylic acids is 3. The number of carbonyl (C=O) groups is 3. The Hall–Kier alpha value is -5.43. The lowest BCUT2D eigenvalue weighted by Crippen LogP contribution is -2.31. The molecule has 0 aliphatic heterocycles. The van der Waals surface area contributed by atoms with Crippen LogP contribution in [0.2, 0.25) is 0 Å². The van der Waals surface area contributed by atoms with Crippen LogP contribution in [-0.4, -0.2) is 77.6 Å². The molecule has 0 spiro atoms. The summed E-state index contributed by atoms with van der Waals surface area (Å²) in [6.07, 6.45) is 8.49. The number of urea groups is 1. The van der Waals surface area contributed by atoms with Gasteiger partial charge < -0.3 is 20.8 Å². The second-order valence-corrected chi connectivity index (χ2v) is 15.1. The molecule has 0 saturated carbocycles. The Labute approximate surface area is 297 Å². The zero-order chi connectivity index (χ0) is 37.4. The summed E-state index contributed by atoms with van der Waals surface area (Å²) in [5.74, 6) is -2.43. The summed E-state index contributed by atoms with van der Waals surface area (Å²) in [7, 11) is -8.76. The highest BCUT2D eigenvalue weighted by molar-refractivity contribution is 7.90. The molecule has 2 aromatic carbocycles. The second kappa shape index (κ2) is 14.3. The minimum absolute atomic E-state index is 0.0302. The molecule has 4 aliphatic rings. The van der Waals surface area contributed by atoms with Gasteiger partial charge in [-0.1, -0.05) is 36.4 Å². The molecule has 15 nitrogen and oxygen atoms in total. The first-order chi connectivity index (χ1) is 24.6. The van der Waals surface area contributed by atoms with E-state index in [-0.39, 0.29) is 56.6 Å². The van der Waals surface area contributed by atoms with Crippen molar-refractivity contribution >= 4 is 60.9 Å². The smallest absolute Gasteiger partial charge is 0.323 e. The minimum atomic E-state index is -4.38. The van der Waals surface area contributed by atoms with Gasteiger partial charge in [0.25, 0.3) is 32.1 Å². The first kappa shape index (κ1) is 36.4. The molecule has 268 valence electrons. The van der Waals surface area contributed by atoms with E-state index in [0.29, 0.717) is 11.1 Å². The quantitative estimate of drug-likeness (QED) is 0.232. The van der Waals surface area contributed by atoms with E-state index < -0.39 is 62.1 Å². The number of aliphatic hydroxyl groups is 2. The first-order valence-electron chi connectivity index (χ1n) is 15.6. The Morgan fingerprint density at radius 1 is 0.635 bits per heavy atom. The molecule has 2 aromatic rings. The van der Waals surface area contributed by atoms with E-state index in [0.717, 1.165) is 0 Å². The number of benzene rings is 2. The number of amides is 4. The van der Waals surface area contributed by atoms with Crippen LogP contribution < -0.4 is 10.6 Å². The molecule has 4 aliphatic carbocycles. The van der Waals surface area contributed by atoms with E-state index in [1.54, 1.807) is 12.2 Å². The highest BCUT2D eigenvalue weighted by atomic mass is 32.2. The van der Waals surface area contributed by atoms with Crippen molar-refractivity contribution < 1.29 is 50.5 Å². The molecule has 17 heteroatoms. The summed E-state index contributed by atoms with van der Waals surface area (Å²) in [5.41, 5.74) is 1.54. The lowest BCUT2D eigenvalue weighted by molar-refractivity contribution is 0.0993. The van der Waals surface area contributed by atoms with E-state index in [1.807, 2.05) is 0 Å². The van der Waals surface area contributed by atoms with Crippen LogP contribution in [0.5, 0.6) is 0 Å². The molecule has 0 aromatic heterocycles. The molecule has 0 fully saturated rings. The van der Waals surface area contributed by atoms with Crippen LogP contribution in [0, 0.1) is 11.8 Å². The molecular weight excluding hydrogens is 717 g/mol. The summed E-state index contributed by atoms with van der Waals surface area (Å²) >= 11 is 0. The molecular formula is C35H30N4O11S2. The fraction of sp³-hybridized carbons (Fsp3) is 0.171. The number of hydrogen-bond donors (Lipinski definition) is 6. The molecule has 4 atom stereocenters. The van der Waals surface area contributed by atoms with Crippen molar-refractivity contribution in [2.24, 2.45) is 21.8 Å². The van der Waals surface area contributed by atoms with Gasteiger partial charge in [0.1, 0.15) is 12.2 Å². The topological polar surface area (TPSA) is 249 Å². The van der Waals surface area contributed by atoms with Crippen molar-refractivity contribution in [3.63, 3.8) is 0 Å². The van der Waals surface area contributed by atoms with Crippen molar-refractivity contribution in [1.82, 2.24) is 0 Å². The van der Waals surface area contributed by atoms with Gasteiger partial charge in [0.15, 0.2) is 0 Å². The summed E-state index contributed by atoms with van der Waals surface area (Å²) in [6.45, 7) is 0. The summed E-state index contributed by atoms with van der Waals surface area (Å²) < 4.78 is 64.6. The lowest BCUT2D eigenvalue weighted by atomic mass is 9.82. The number of anilines is 2. The number of aliphatic imine (C=N–C) groups is 2.